The van der Waals surface area contributed by atoms with E-state index in [9.17, 15) is 14.4 Å². The Kier molecular flexibility index (Phi) is 5.12. The van der Waals surface area contributed by atoms with Crippen molar-refractivity contribution in [3.63, 3.8) is 0 Å². The fourth-order valence-corrected chi connectivity index (χ4v) is 3.37. The van der Waals surface area contributed by atoms with Crippen molar-refractivity contribution in [2.45, 2.75) is 32.4 Å². The van der Waals surface area contributed by atoms with Crippen LogP contribution in [0.15, 0.2) is 30.5 Å². The number of fused-ring (bicyclic) bond motifs is 1. The van der Waals surface area contributed by atoms with Gasteiger partial charge in [0.2, 0.25) is 5.91 Å². The van der Waals surface area contributed by atoms with Gasteiger partial charge in [0.1, 0.15) is 12.6 Å². The van der Waals surface area contributed by atoms with Gasteiger partial charge in [-0.2, -0.15) is 5.26 Å². The van der Waals surface area contributed by atoms with Crippen LogP contribution in [0, 0.1) is 11.3 Å². The van der Waals surface area contributed by atoms with Crippen molar-refractivity contribution in [1.82, 2.24) is 14.8 Å². The van der Waals surface area contributed by atoms with Crippen molar-refractivity contribution < 1.29 is 19.1 Å². The normalized spacial score (nSPS) is 19.1. The van der Waals surface area contributed by atoms with Crippen LogP contribution in [0.5, 0.6) is 0 Å². The number of carbonyl (C=O) groups is 3. The summed E-state index contributed by atoms with van der Waals surface area (Å²) in [6.45, 7) is 3.82. The van der Waals surface area contributed by atoms with Crippen LogP contribution in [0.3, 0.4) is 0 Å². The molecule has 0 spiro atoms. The summed E-state index contributed by atoms with van der Waals surface area (Å²) in [6.07, 6.45) is 1.49. The van der Waals surface area contributed by atoms with E-state index in [0.29, 0.717) is 22.9 Å². The highest BCUT2D eigenvalue weighted by atomic mass is 16.5. The van der Waals surface area contributed by atoms with Crippen LogP contribution in [-0.4, -0.2) is 52.6 Å². The predicted molar refractivity (Wildman–Crippen MR) is 97.0 cm³/mol. The first kappa shape index (κ1) is 18.5. The number of nitrogens with one attached hydrogen (secondary N) is 1. The molecule has 2 heterocycles. The van der Waals surface area contributed by atoms with Gasteiger partial charge >= 0.3 is 6.09 Å². The van der Waals surface area contributed by atoms with Gasteiger partial charge in [-0.3, -0.25) is 14.2 Å². The Morgan fingerprint density at radius 3 is 2.85 bits per heavy atom. The second kappa shape index (κ2) is 7.50. The van der Waals surface area contributed by atoms with E-state index >= 15 is 0 Å². The number of hydrogen-bond donors (Lipinski definition) is 1. The predicted octanol–water partition coefficient (Wildman–Crippen LogP) is 1.89. The molecule has 0 radical (unpaired) electrons. The topological polar surface area (TPSA) is 104 Å². The second-order valence-electron chi connectivity index (χ2n) is 6.36. The molecule has 1 saturated heterocycles. The SMILES string of the molecule is CCOC(=O)n1ccc2c(C(=O)NC3CC(C)N(CC#N)C3=O)cccc21. The first-order chi connectivity index (χ1) is 13.0. The Hall–Kier alpha value is -3.34. The Morgan fingerprint density at radius 1 is 1.37 bits per heavy atom. The Bertz CT molecular complexity index is 943. The molecule has 8 heteroatoms. The van der Waals surface area contributed by atoms with E-state index in [0.717, 1.165) is 0 Å². The largest absolute Gasteiger partial charge is 0.449 e. The smallest absolute Gasteiger partial charge is 0.418 e. The highest BCUT2D eigenvalue weighted by Gasteiger charge is 2.38. The molecule has 0 saturated carbocycles. The van der Waals surface area contributed by atoms with Crippen LogP contribution in [0.25, 0.3) is 10.9 Å². The number of carbonyl (C=O) groups excluding carboxylic acids is 3. The maximum absolute atomic E-state index is 12.8. The zero-order valence-corrected chi connectivity index (χ0v) is 15.1. The lowest BCUT2D eigenvalue weighted by molar-refractivity contribution is -0.129. The number of rotatable bonds is 4. The quantitative estimate of drug-likeness (QED) is 0.830. The van der Waals surface area contributed by atoms with E-state index in [1.54, 1.807) is 37.4 Å². The minimum Gasteiger partial charge on any atom is -0.449 e. The third kappa shape index (κ3) is 3.36. The summed E-state index contributed by atoms with van der Waals surface area (Å²) in [4.78, 5) is 38.6. The maximum atomic E-state index is 12.8. The number of hydrogen-bond acceptors (Lipinski definition) is 5. The van der Waals surface area contributed by atoms with E-state index < -0.39 is 18.0 Å². The van der Waals surface area contributed by atoms with Gasteiger partial charge < -0.3 is 15.0 Å². The molecule has 0 bridgehead atoms. The molecule has 2 aromatic rings. The van der Waals surface area contributed by atoms with Gasteiger partial charge in [-0.05, 0) is 38.5 Å². The molecular weight excluding hydrogens is 348 g/mol. The van der Waals surface area contributed by atoms with Crippen LogP contribution in [0.4, 0.5) is 4.79 Å². The number of aromatic nitrogens is 1. The molecule has 2 amide bonds. The number of amides is 2. The number of nitrogens with zero attached hydrogens (tertiary/aromatic N) is 3. The third-order valence-corrected chi connectivity index (χ3v) is 4.68. The Balaban J connectivity index is 1.84. The summed E-state index contributed by atoms with van der Waals surface area (Å²) >= 11 is 0. The summed E-state index contributed by atoms with van der Waals surface area (Å²) in [5, 5.41) is 12.2. The van der Waals surface area contributed by atoms with E-state index in [2.05, 4.69) is 5.32 Å². The van der Waals surface area contributed by atoms with Crippen molar-refractivity contribution in [3.05, 3.63) is 36.0 Å². The highest BCUT2D eigenvalue weighted by Crippen LogP contribution is 2.23. The van der Waals surface area contributed by atoms with E-state index in [1.807, 2.05) is 13.0 Å². The average molecular weight is 368 g/mol. The molecule has 1 aliphatic rings. The van der Waals surface area contributed by atoms with Gasteiger partial charge in [0.25, 0.3) is 5.91 Å². The number of benzene rings is 1. The van der Waals surface area contributed by atoms with Gasteiger partial charge in [0.05, 0.1) is 18.2 Å². The average Bonchev–Trinajstić information content (AvgIpc) is 3.19. The first-order valence-electron chi connectivity index (χ1n) is 8.73. The van der Waals surface area contributed by atoms with Gasteiger partial charge in [0, 0.05) is 23.2 Å². The lowest BCUT2D eigenvalue weighted by Gasteiger charge is -2.17. The summed E-state index contributed by atoms with van der Waals surface area (Å²) < 4.78 is 6.35. The van der Waals surface area contributed by atoms with E-state index in [4.69, 9.17) is 10.00 Å². The standard InChI is InChI=1S/C19H20N4O4/c1-3-27-19(26)23-9-7-13-14(5-4-6-16(13)23)17(24)21-15-11-12(2)22(10-8-20)18(15)25/h4-7,9,12,15H,3,10-11H2,1-2H3,(H,21,24). The first-order valence-corrected chi connectivity index (χ1v) is 8.73. The zero-order valence-electron chi connectivity index (χ0n) is 15.1. The molecule has 1 fully saturated rings. The molecule has 3 rings (SSSR count). The summed E-state index contributed by atoms with van der Waals surface area (Å²) in [6, 6.07) is 7.91. The van der Waals surface area contributed by atoms with Crippen LogP contribution in [0.2, 0.25) is 0 Å². The minimum atomic E-state index is -0.664. The molecule has 8 nitrogen and oxygen atoms in total. The summed E-state index contributed by atoms with van der Waals surface area (Å²) in [5.74, 6) is -0.653. The molecule has 1 aliphatic heterocycles. The second-order valence-corrected chi connectivity index (χ2v) is 6.36. The van der Waals surface area contributed by atoms with Crippen molar-refractivity contribution in [3.8, 4) is 6.07 Å². The van der Waals surface area contributed by atoms with Gasteiger partial charge in [0.15, 0.2) is 0 Å². The molecule has 2 atom stereocenters. The van der Waals surface area contributed by atoms with E-state index in [1.165, 1.54) is 9.47 Å². The molecule has 1 N–H and O–H groups in total. The van der Waals surface area contributed by atoms with Crippen molar-refractivity contribution in [2.24, 2.45) is 0 Å². The molecule has 27 heavy (non-hydrogen) atoms. The lowest BCUT2D eigenvalue weighted by atomic mass is 10.1. The molecule has 140 valence electrons. The zero-order chi connectivity index (χ0) is 19.6. The fourth-order valence-electron chi connectivity index (χ4n) is 3.37. The summed E-state index contributed by atoms with van der Waals surface area (Å²) in [5.41, 5.74) is 0.924. The molecule has 1 aromatic heterocycles. The van der Waals surface area contributed by atoms with E-state index in [-0.39, 0.29) is 25.1 Å². The van der Waals surface area contributed by atoms with Crippen molar-refractivity contribution >= 4 is 28.8 Å². The van der Waals surface area contributed by atoms with Crippen LogP contribution >= 0.6 is 0 Å². The van der Waals surface area contributed by atoms with Gasteiger partial charge in [-0.15, -0.1) is 0 Å². The van der Waals surface area contributed by atoms with Crippen LogP contribution < -0.4 is 5.32 Å². The van der Waals surface area contributed by atoms with Crippen molar-refractivity contribution in [1.29, 1.82) is 5.26 Å². The Labute approximate surface area is 156 Å². The monoisotopic (exact) mass is 368 g/mol. The van der Waals surface area contributed by atoms with Gasteiger partial charge in [-0.25, -0.2) is 4.79 Å². The van der Waals surface area contributed by atoms with Crippen molar-refractivity contribution in [2.75, 3.05) is 13.2 Å². The number of likely N-dealkylation sites (tertiary alicyclic amines) is 1. The number of nitriles is 1. The highest BCUT2D eigenvalue weighted by molar-refractivity contribution is 6.09. The lowest BCUT2D eigenvalue weighted by Crippen LogP contribution is -2.42. The van der Waals surface area contributed by atoms with Crippen LogP contribution in [0.1, 0.15) is 30.6 Å². The third-order valence-electron chi connectivity index (χ3n) is 4.68. The Morgan fingerprint density at radius 2 is 2.15 bits per heavy atom. The maximum Gasteiger partial charge on any atom is 0.418 e. The van der Waals surface area contributed by atoms with Gasteiger partial charge in [-0.1, -0.05) is 6.07 Å². The molecule has 1 aromatic carbocycles. The fraction of sp³-hybridized carbons (Fsp3) is 0.368. The summed E-state index contributed by atoms with van der Waals surface area (Å²) in [7, 11) is 0. The molecule has 2 unspecified atom stereocenters. The number of ether oxygens (including phenoxy) is 1. The molecule has 0 aliphatic carbocycles. The molecular formula is C19H20N4O4. The minimum absolute atomic E-state index is 0.00431. The van der Waals surface area contributed by atoms with Crippen LogP contribution in [-0.2, 0) is 9.53 Å².